The zero-order valence-corrected chi connectivity index (χ0v) is 11.3. The number of para-hydroxylation sites is 1. The fraction of sp³-hybridized carbons (Fsp3) is 0.333. The SMILES string of the molecule is CC(=O)OCC(=O)NCCCc1cc2ccccc2o1. The molecule has 0 atom stereocenters. The van der Waals surface area contributed by atoms with Gasteiger partial charge < -0.3 is 14.5 Å². The highest BCUT2D eigenvalue weighted by molar-refractivity contribution is 5.80. The predicted octanol–water partition coefficient (Wildman–Crippen LogP) is 2.04. The fourth-order valence-corrected chi connectivity index (χ4v) is 1.87. The van der Waals surface area contributed by atoms with Crippen molar-refractivity contribution >= 4 is 22.8 Å². The van der Waals surface area contributed by atoms with Crippen LogP contribution in [0, 0.1) is 0 Å². The van der Waals surface area contributed by atoms with E-state index in [2.05, 4.69) is 10.1 Å². The number of hydrogen-bond donors (Lipinski definition) is 1. The Bertz CT molecular complexity index is 570. The molecule has 0 aliphatic heterocycles. The second-order valence-corrected chi connectivity index (χ2v) is 4.48. The molecule has 1 aromatic carbocycles. The van der Waals surface area contributed by atoms with Crippen molar-refractivity contribution in [1.29, 1.82) is 0 Å². The van der Waals surface area contributed by atoms with Crippen LogP contribution in [0.5, 0.6) is 0 Å². The van der Waals surface area contributed by atoms with E-state index in [1.54, 1.807) is 0 Å². The lowest BCUT2D eigenvalue weighted by molar-refractivity contribution is -0.146. The number of esters is 1. The maximum Gasteiger partial charge on any atom is 0.303 e. The number of hydrogen-bond acceptors (Lipinski definition) is 4. The quantitative estimate of drug-likeness (QED) is 0.647. The Morgan fingerprint density at radius 1 is 1.30 bits per heavy atom. The van der Waals surface area contributed by atoms with Crippen molar-refractivity contribution in [3.05, 3.63) is 36.1 Å². The molecule has 0 radical (unpaired) electrons. The van der Waals surface area contributed by atoms with Crippen molar-refractivity contribution in [3.63, 3.8) is 0 Å². The lowest BCUT2D eigenvalue weighted by atomic mass is 10.2. The van der Waals surface area contributed by atoms with Crippen LogP contribution in [0.3, 0.4) is 0 Å². The predicted molar refractivity (Wildman–Crippen MR) is 74.2 cm³/mol. The van der Waals surface area contributed by atoms with Gasteiger partial charge in [-0.3, -0.25) is 9.59 Å². The van der Waals surface area contributed by atoms with Crippen LogP contribution in [0.1, 0.15) is 19.1 Å². The third-order valence-electron chi connectivity index (χ3n) is 2.81. The maximum absolute atomic E-state index is 11.3. The largest absolute Gasteiger partial charge is 0.461 e. The van der Waals surface area contributed by atoms with Gasteiger partial charge in [0.25, 0.3) is 5.91 Å². The molecule has 1 heterocycles. The molecule has 0 aliphatic carbocycles. The first-order valence-electron chi connectivity index (χ1n) is 6.52. The number of amides is 1. The maximum atomic E-state index is 11.3. The Labute approximate surface area is 116 Å². The van der Waals surface area contributed by atoms with Crippen LogP contribution >= 0.6 is 0 Å². The number of fused-ring (bicyclic) bond motifs is 1. The van der Waals surface area contributed by atoms with E-state index >= 15 is 0 Å². The molecule has 20 heavy (non-hydrogen) atoms. The number of aryl methyl sites for hydroxylation is 1. The van der Waals surface area contributed by atoms with Gasteiger partial charge in [0.2, 0.25) is 0 Å². The van der Waals surface area contributed by atoms with E-state index in [0.29, 0.717) is 6.54 Å². The van der Waals surface area contributed by atoms with E-state index in [9.17, 15) is 9.59 Å². The molecule has 1 amide bonds. The standard InChI is InChI=1S/C15H17NO4/c1-11(17)19-10-15(18)16-8-4-6-13-9-12-5-2-3-7-14(12)20-13/h2-3,5,7,9H,4,6,8,10H2,1H3,(H,16,18). The smallest absolute Gasteiger partial charge is 0.303 e. The van der Waals surface area contributed by atoms with E-state index in [-0.39, 0.29) is 12.5 Å². The van der Waals surface area contributed by atoms with Crippen LogP contribution in [0.15, 0.2) is 34.7 Å². The summed E-state index contributed by atoms with van der Waals surface area (Å²) in [7, 11) is 0. The number of ether oxygens (including phenoxy) is 1. The van der Waals surface area contributed by atoms with Gasteiger partial charge in [-0.05, 0) is 18.6 Å². The molecule has 2 aromatic rings. The molecule has 0 saturated carbocycles. The average molecular weight is 275 g/mol. The van der Waals surface area contributed by atoms with Crippen molar-refractivity contribution < 1.29 is 18.7 Å². The molecule has 0 aliphatic rings. The highest BCUT2D eigenvalue weighted by Crippen LogP contribution is 2.19. The fourth-order valence-electron chi connectivity index (χ4n) is 1.87. The zero-order chi connectivity index (χ0) is 14.4. The highest BCUT2D eigenvalue weighted by Gasteiger charge is 2.05. The Hall–Kier alpha value is -2.30. The number of rotatable bonds is 6. The van der Waals surface area contributed by atoms with Crippen LogP contribution in [0.2, 0.25) is 0 Å². The highest BCUT2D eigenvalue weighted by atomic mass is 16.5. The van der Waals surface area contributed by atoms with E-state index in [4.69, 9.17) is 4.42 Å². The minimum absolute atomic E-state index is 0.222. The van der Waals surface area contributed by atoms with Crippen molar-refractivity contribution in [2.75, 3.05) is 13.2 Å². The molecular formula is C15H17NO4. The lowest BCUT2D eigenvalue weighted by Crippen LogP contribution is -2.29. The van der Waals surface area contributed by atoms with E-state index in [1.807, 2.05) is 30.3 Å². The van der Waals surface area contributed by atoms with Crippen LogP contribution in [-0.2, 0) is 20.7 Å². The summed E-state index contributed by atoms with van der Waals surface area (Å²) >= 11 is 0. The molecule has 0 bridgehead atoms. The first kappa shape index (κ1) is 14.1. The van der Waals surface area contributed by atoms with Gasteiger partial charge in [0, 0.05) is 25.3 Å². The summed E-state index contributed by atoms with van der Waals surface area (Å²) in [5, 5.41) is 3.77. The molecule has 5 heteroatoms. The van der Waals surface area contributed by atoms with Crippen LogP contribution in [-0.4, -0.2) is 25.0 Å². The van der Waals surface area contributed by atoms with Gasteiger partial charge in [0.1, 0.15) is 11.3 Å². The normalized spacial score (nSPS) is 10.4. The number of nitrogens with one attached hydrogen (secondary N) is 1. The topological polar surface area (TPSA) is 68.5 Å². The molecule has 1 N–H and O–H groups in total. The summed E-state index contributed by atoms with van der Waals surface area (Å²) in [4.78, 5) is 21.8. The Morgan fingerprint density at radius 2 is 2.10 bits per heavy atom. The molecular weight excluding hydrogens is 258 g/mol. The van der Waals surface area contributed by atoms with Gasteiger partial charge in [-0.2, -0.15) is 0 Å². The summed E-state index contributed by atoms with van der Waals surface area (Å²) in [6.07, 6.45) is 1.52. The van der Waals surface area contributed by atoms with E-state index in [1.165, 1.54) is 6.92 Å². The van der Waals surface area contributed by atoms with Gasteiger partial charge >= 0.3 is 5.97 Å². The van der Waals surface area contributed by atoms with Crippen LogP contribution < -0.4 is 5.32 Å². The van der Waals surface area contributed by atoms with Crippen molar-refractivity contribution in [2.45, 2.75) is 19.8 Å². The third kappa shape index (κ3) is 4.12. The van der Waals surface area contributed by atoms with Gasteiger partial charge in [-0.1, -0.05) is 18.2 Å². The monoisotopic (exact) mass is 275 g/mol. The number of benzene rings is 1. The Morgan fingerprint density at radius 3 is 2.85 bits per heavy atom. The minimum atomic E-state index is -0.456. The van der Waals surface area contributed by atoms with Crippen LogP contribution in [0.25, 0.3) is 11.0 Å². The molecule has 0 unspecified atom stereocenters. The first-order valence-corrected chi connectivity index (χ1v) is 6.52. The van der Waals surface area contributed by atoms with Gasteiger partial charge in [-0.25, -0.2) is 0 Å². The van der Waals surface area contributed by atoms with Crippen molar-refractivity contribution in [1.82, 2.24) is 5.32 Å². The summed E-state index contributed by atoms with van der Waals surface area (Å²) in [6, 6.07) is 9.85. The third-order valence-corrected chi connectivity index (χ3v) is 2.81. The lowest BCUT2D eigenvalue weighted by Gasteiger charge is -2.04. The zero-order valence-electron chi connectivity index (χ0n) is 11.3. The number of carbonyl (C=O) groups is 2. The average Bonchev–Trinajstić information content (AvgIpc) is 2.84. The Balaban J connectivity index is 1.70. The van der Waals surface area contributed by atoms with Gasteiger partial charge in [0.15, 0.2) is 6.61 Å². The van der Waals surface area contributed by atoms with Crippen LogP contribution in [0.4, 0.5) is 0 Å². The molecule has 106 valence electrons. The van der Waals surface area contributed by atoms with Gasteiger partial charge in [0.05, 0.1) is 0 Å². The van der Waals surface area contributed by atoms with Crippen molar-refractivity contribution in [2.24, 2.45) is 0 Å². The van der Waals surface area contributed by atoms with E-state index < -0.39 is 5.97 Å². The Kier molecular flexibility index (Phi) is 4.76. The first-order chi connectivity index (χ1) is 9.65. The molecule has 0 fully saturated rings. The van der Waals surface area contributed by atoms with Gasteiger partial charge in [-0.15, -0.1) is 0 Å². The molecule has 1 aromatic heterocycles. The molecule has 5 nitrogen and oxygen atoms in total. The summed E-state index contributed by atoms with van der Waals surface area (Å²) < 4.78 is 10.3. The molecule has 0 spiro atoms. The summed E-state index contributed by atoms with van der Waals surface area (Å²) in [5.74, 6) is 0.160. The second kappa shape index (κ2) is 6.75. The minimum Gasteiger partial charge on any atom is -0.461 e. The van der Waals surface area contributed by atoms with Crippen molar-refractivity contribution in [3.8, 4) is 0 Å². The molecule has 2 rings (SSSR count). The number of furan rings is 1. The van der Waals surface area contributed by atoms with E-state index in [0.717, 1.165) is 29.6 Å². The summed E-state index contributed by atoms with van der Waals surface area (Å²) in [6.45, 7) is 1.58. The summed E-state index contributed by atoms with van der Waals surface area (Å²) in [5.41, 5.74) is 0.876. The second-order valence-electron chi connectivity index (χ2n) is 4.48. The molecule has 0 saturated heterocycles. The number of carbonyl (C=O) groups excluding carboxylic acids is 2.